The molecule has 1 heteroatoms. The van der Waals surface area contributed by atoms with Crippen molar-refractivity contribution < 1.29 is 0 Å². The smallest absolute Gasteiger partial charge is 0.0529 e. The molecule has 0 fully saturated rings. The first-order valence-electron chi connectivity index (χ1n) is 5.31. The molecule has 0 saturated heterocycles. The van der Waals surface area contributed by atoms with Crippen LogP contribution in [0.5, 0.6) is 0 Å². The van der Waals surface area contributed by atoms with Crippen molar-refractivity contribution in [2.24, 2.45) is 0 Å². The summed E-state index contributed by atoms with van der Waals surface area (Å²) in [6.07, 6.45) is 0.999. The fraction of sp³-hybridized carbons (Fsp3) is 0.214. The van der Waals surface area contributed by atoms with E-state index in [-0.39, 0.29) is 0 Å². The van der Waals surface area contributed by atoms with Gasteiger partial charge in [-0.15, -0.1) is 0 Å². The lowest BCUT2D eigenvalue weighted by molar-refractivity contribution is 1.07. The summed E-state index contributed by atoms with van der Waals surface area (Å²) in [5.41, 5.74) is 7.86. The molecule has 0 radical (unpaired) electrons. The minimum absolute atomic E-state index is 0.999. The molecule has 3 rings (SSSR count). The number of fused-ring (bicyclic) bond motifs is 3. The monoisotopic (exact) mass is 195 g/mol. The third-order valence-electron chi connectivity index (χ3n) is 3.16. The van der Waals surface area contributed by atoms with Gasteiger partial charge in [-0.25, -0.2) is 0 Å². The van der Waals surface area contributed by atoms with E-state index in [0.29, 0.717) is 0 Å². The average molecular weight is 195 g/mol. The minimum Gasteiger partial charge on any atom is -0.257 e. The summed E-state index contributed by atoms with van der Waals surface area (Å²) in [6, 6.07) is 10.8. The van der Waals surface area contributed by atoms with Crippen LogP contribution in [0.4, 0.5) is 0 Å². The molecular formula is C14H13N. The van der Waals surface area contributed by atoms with Gasteiger partial charge in [0, 0.05) is 17.7 Å². The molecule has 0 aliphatic heterocycles. The summed E-state index contributed by atoms with van der Waals surface area (Å²) >= 11 is 0. The molecule has 0 spiro atoms. The molecule has 1 heterocycles. The normalized spacial score (nSPS) is 12.4. The highest BCUT2D eigenvalue weighted by Crippen LogP contribution is 2.36. The predicted octanol–water partition coefficient (Wildman–Crippen LogP) is 3.27. The van der Waals surface area contributed by atoms with E-state index in [9.17, 15) is 0 Å². The first kappa shape index (κ1) is 8.66. The summed E-state index contributed by atoms with van der Waals surface area (Å²) in [5.74, 6) is 0. The number of pyridine rings is 1. The highest BCUT2D eigenvalue weighted by atomic mass is 14.7. The number of benzene rings is 1. The molecular weight excluding hydrogens is 182 g/mol. The Labute approximate surface area is 89.8 Å². The fourth-order valence-corrected chi connectivity index (χ4v) is 2.35. The molecule has 0 atom stereocenters. The van der Waals surface area contributed by atoms with Crippen molar-refractivity contribution in [3.8, 4) is 11.1 Å². The number of hydrogen-bond donors (Lipinski definition) is 0. The van der Waals surface area contributed by atoms with Crippen molar-refractivity contribution in [2.45, 2.75) is 20.3 Å². The molecule has 1 aliphatic rings. The minimum atomic E-state index is 0.999. The molecule has 1 aromatic carbocycles. The van der Waals surface area contributed by atoms with Crippen molar-refractivity contribution in [3.63, 3.8) is 0 Å². The zero-order chi connectivity index (χ0) is 10.4. The standard InChI is InChI=1S/C14H13N/c1-9-4-3-5-11-12-7-6-10(2)15-14(12)8-13(9)11/h3-7H,8H2,1-2H3. The summed E-state index contributed by atoms with van der Waals surface area (Å²) in [6.45, 7) is 4.23. The summed E-state index contributed by atoms with van der Waals surface area (Å²) < 4.78 is 0. The molecule has 2 aromatic rings. The van der Waals surface area contributed by atoms with Gasteiger partial charge in [-0.3, -0.25) is 4.98 Å². The second kappa shape index (κ2) is 2.93. The Hall–Kier alpha value is -1.63. The van der Waals surface area contributed by atoms with Crippen LogP contribution in [0, 0.1) is 13.8 Å². The van der Waals surface area contributed by atoms with Gasteiger partial charge in [0.05, 0.1) is 5.69 Å². The third-order valence-corrected chi connectivity index (χ3v) is 3.16. The van der Waals surface area contributed by atoms with Crippen LogP contribution in [0.3, 0.4) is 0 Å². The van der Waals surface area contributed by atoms with Crippen LogP contribution in [0.15, 0.2) is 30.3 Å². The highest BCUT2D eigenvalue weighted by Gasteiger charge is 2.20. The Balaban J connectivity index is 2.28. The number of aryl methyl sites for hydroxylation is 2. The van der Waals surface area contributed by atoms with E-state index in [1.807, 2.05) is 0 Å². The maximum absolute atomic E-state index is 4.61. The van der Waals surface area contributed by atoms with Crippen molar-refractivity contribution in [2.75, 3.05) is 0 Å². The molecule has 0 saturated carbocycles. The van der Waals surface area contributed by atoms with Gasteiger partial charge in [-0.2, -0.15) is 0 Å². The fourth-order valence-electron chi connectivity index (χ4n) is 2.35. The lowest BCUT2D eigenvalue weighted by Crippen LogP contribution is -1.89. The second-order valence-electron chi connectivity index (χ2n) is 4.22. The molecule has 1 aliphatic carbocycles. The average Bonchev–Trinajstić information content (AvgIpc) is 2.57. The van der Waals surface area contributed by atoms with E-state index >= 15 is 0 Å². The quantitative estimate of drug-likeness (QED) is 0.536. The van der Waals surface area contributed by atoms with Crippen LogP contribution < -0.4 is 0 Å². The molecule has 1 aromatic heterocycles. The lowest BCUT2D eigenvalue weighted by atomic mass is 10.0. The molecule has 74 valence electrons. The largest absolute Gasteiger partial charge is 0.257 e. The molecule has 0 unspecified atom stereocenters. The summed E-state index contributed by atoms with van der Waals surface area (Å²) in [5, 5.41) is 0. The van der Waals surface area contributed by atoms with E-state index in [4.69, 9.17) is 0 Å². The number of hydrogen-bond acceptors (Lipinski definition) is 1. The van der Waals surface area contributed by atoms with Gasteiger partial charge in [0.25, 0.3) is 0 Å². The van der Waals surface area contributed by atoms with Crippen LogP contribution in [0.25, 0.3) is 11.1 Å². The van der Waals surface area contributed by atoms with E-state index in [1.54, 1.807) is 0 Å². The van der Waals surface area contributed by atoms with E-state index in [2.05, 4.69) is 49.2 Å². The van der Waals surface area contributed by atoms with Gasteiger partial charge in [0.2, 0.25) is 0 Å². The second-order valence-corrected chi connectivity index (χ2v) is 4.22. The summed E-state index contributed by atoms with van der Waals surface area (Å²) in [7, 11) is 0. The number of nitrogens with zero attached hydrogens (tertiary/aromatic N) is 1. The SMILES string of the molecule is Cc1ccc2c(n1)Cc1c(C)cccc1-2. The van der Waals surface area contributed by atoms with Gasteiger partial charge in [-0.1, -0.05) is 24.3 Å². The topological polar surface area (TPSA) is 12.9 Å². The van der Waals surface area contributed by atoms with Gasteiger partial charge < -0.3 is 0 Å². The Bertz CT molecular complexity index is 541. The zero-order valence-corrected chi connectivity index (χ0v) is 9.04. The van der Waals surface area contributed by atoms with Crippen molar-refractivity contribution in [1.82, 2.24) is 4.98 Å². The third kappa shape index (κ3) is 1.19. The maximum Gasteiger partial charge on any atom is 0.0529 e. The molecule has 15 heavy (non-hydrogen) atoms. The van der Waals surface area contributed by atoms with Gasteiger partial charge in [0.15, 0.2) is 0 Å². The van der Waals surface area contributed by atoms with E-state index in [0.717, 1.165) is 12.1 Å². The van der Waals surface area contributed by atoms with Crippen LogP contribution in [-0.2, 0) is 6.42 Å². The number of aromatic nitrogens is 1. The van der Waals surface area contributed by atoms with Crippen LogP contribution in [0.2, 0.25) is 0 Å². The van der Waals surface area contributed by atoms with E-state index < -0.39 is 0 Å². The lowest BCUT2D eigenvalue weighted by Gasteiger charge is -2.02. The van der Waals surface area contributed by atoms with Crippen molar-refractivity contribution >= 4 is 0 Å². The van der Waals surface area contributed by atoms with Crippen molar-refractivity contribution in [1.29, 1.82) is 0 Å². The Morgan fingerprint density at radius 2 is 1.87 bits per heavy atom. The Kier molecular flexibility index (Phi) is 1.69. The zero-order valence-electron chi connectivity index (χ0n) is 9.04. The Morgan fingerprint density at radius 3 is 2.73 bits per heavy atom. The molecule has 0 amide bonds. The number of rotatable bonds is 0. The first-order valence-corrected chi connectivity index (χ1v) is 5.31. The van der Waals surface area contributed by atoms with Crippen LogP contribution >= 0.6 is 0 Å². The molecule has 0 bridgehead atoms. The van der Waals surface area contributed by atoms with E-state index in [1.165, 1.54) is 27.9 Å². The summed E-state index contributed by atoms with van der Waals surface area (Å²) in [4.78, 5) is 4.61. The van der Waals surface area contributed by atoms with Crippen LogP contribution in [-0.4, -0.2) is 4.98 Å². The maximum atomic E-state index is 4.61. The predicted molar refractivity (Wildman–Crippen MR) is 62.0 cm³/mol. The van der Waals surface area contributed by atoms with Gasteiger partial charge in [-0.05, 0) is 36.6 Å². The van der Waals surface area contributed by atoms with Crippen LogP contribution in [0.1, 0.15) is 22.5 Å². The van der Waals surface area contributed by atoms with Gasteiger partial charge >= 0.3 is 0 Å². The highest BCUT2D eigenvalue weighted by molar-refractivity contribution is 5.76. The van der Waals surface area contributed by atoms with Gasteiger partial charge in [0.1, 0.15) is 0 Å². The molecule has 0 N–H and O–H groups in total. The Morgan fingerprint density at radius 1 is 1.00 bits per heavy atom. The first-order chi connectivity index (χ1) is 7.25. The van der Waals surface area contributed by atoms with Crippen molar-refractivity contribution in [3.05, 3.63) is 52.8 Å². The molecule has 1 nitrogen and oxygen atoms in total.